The molecule has 2 aromatic carbocycles. The van der Waals surface area contributed by atoms with E-state index >= 15 is 0 Å². The van der Waals surface area contributed by atoms with Crippen molar-refractivity contribution in [3.8, 4) is 5.75 Å². The highest BCUT2D eigenvalue weighted by molar-refractivity contribution is 6.31. The minimum atomic E-state index is -0.441. The highest BCUT2D eigenvalue weighted by Crippen LogP contribution is 2.27. The summed E-state index contributed by atoms with van der Waals surface area (Å²) in [4.78, 5) is 0. The van der Waals surface area contributed by atoms with E-state index in [4.69, 9.17) is 22.1 Å². The molecule has 0 saturated carbocycles. The van der Waals surface area contributed by atoms with E-state index in [1.54, 1.807) is 12.1 Å². The second kappa shape index (κ2) is 6.25. The van der Waals surface area contributed by atoms with Crippen LogP contribution in [0, 0.1) is 12.7 Å². The standard InChI is InChI=1S/C16H17ClFNO/c1-10-6-7-15(13(8-10)11(2)19)20-9-12-4-3-5-14(18)16(12)17/h3-8,11H,9,19H2,1-2H3/t11-/m1/s1. The molecule has 0 aliphatic rings. The number of halogens is 2. The molecule has 106 valence electrons. The lowest BCUT2D eigenvalue weighted by Crippen LogP contribution is -2.08. The summed E-state index contributed by atoms with van der Waals surface area (Å²) in [7, 11) is 0. The van der Waals surface area contributed by atoms with Crippen LogP contribution in [0.4, 0.5) is 4.39 Å². The molecule has 20 heavy (non-hydrogen) atoms. The zero-order valence-corrected chi connectivity index (χ0v) is 12.2. The first-order chi connectivity index (χ1) is 9.49. The summed E-state index contributed by atoms with van der Waals surface area (Å²) in [6.45, 7) is 4.11. The molecule has 4 heteroatoms. The lowest BCUT2D eigenvalue weighted by molar-refractivity contribution is 0.301. The average molecular weight is 294 g/mol. The predicted molar refractivity (Wildman–Crippen MR) is 79.5 cm³/mol. The summed E-state index contributed by atoms with van der Waals surface area (Å²) in [5.41, 5.74) is 8.60. The van der Waals surface area contributed by atoms with Gasteiger partial charge in [0, 0.05) is 17.2 Å². The molecular weight excluding hydrogens is 277 g/mol. The number of rotatable bonds is 4. The van der Waals surface area contributed by atoms with Crippen LogP contribution >= 0.6 is 11.6 Å². The molecule has 0 aliphatic carbocycles. The fourth-order valence-corrected chi connectivity index (χ4v) is 2.15. The van der Waals surface area contributed by atoms with E-state index in [9.17, 15) is 4.39 Å². The quantitative estimate of drug-likeness (QED) is 0.907. The van der Waals surface area contributed by atoms with Crippen LogP contribution in [0.5, 0.6) is 5.75 Å². The second-order valence-electron chi connectivity index (χ2n) is 4.83. The van der Waals surface area contributed by atoms with E-state index in [2.05, 4.69) is 0 Å². The Kier molecular flexibility index (Phi) is 4.63. The van der Waals surface area contributed by atoms with Crippen LogP contribution in [-0.2, 0) is 6.61 Å². The van der Waals surface area contributed by atoms with Gasteiger partial charge in [0.15, 0.2) is 0 Å². The van der Waals surface area contributed by atoms with Crippen molar-refractivity contribution >= 4 is 11.6 Å². The number of ether oxygens (including phenoxy) is 1. The Hall–Kier alpha value is -1.58. The Balaban J connectivity index is 2.21. The summed E-state index contributed by atoms with van der Waals surface area (Å²) in [5, 5.41) is 0.0990. The van der Waals surface area contributed by atoms with Crippen molar-refractivity contribution in [3.63, 3.8) is 0 Å². The molecule has 0 bridgehead atoms. The van der Waals surface area contributed by atoms with Crippen molar-refractivity contribution in [2.75, 3.05) is 0 Å². The highest BCUT2D eigenvalue weighted by atomic mass is 35.5. The fourth-order valence-electron chi connectivity index (χ4n) is 1.97. The molecule has 0 radical (unpaired) electrons. The third kappa shape index (κ3) is 3.30. The first kappa shape index (κ1) is 14.8. The Morgan fingerprint density at radius 3 is 2.75 bits per heavy atom. The number of hydrogen-bond donors (Lipinski definition) is 1. The molecule has 2 N–H and O–H groups in total. The van der Waals surface area contributed by atoms with Gasteiger partial charge in [-0.05, 0) is 26.0 Å². The molecule has 1 atom stereocenters. The molecule has 0 saturated heterocycles. The van der Waals surface area contributed by atoms with Gasteiger partial charge in [-0.3, -0.25) is 0 Å². The molecule has 2 rings (SSSR count). The molecule has 0 heterocycles. The zero-order chi connectivity index (χ0) is 14.7. The topological polar surface area (TPSA) is 35.2 Å². The largest absolute Gasteiger partial charge is 0.489 e. The molecule has 0 spiro atoms. The predicted octanol–water partition coefficient (Wildman–Crippen LogP) is 4.39. The first-order valence-electron chi connectivity index (χ1n) is 6.41. The monoisotopic (exact) mass is 293 g/mol. The fraction of sp³-hybridized carbons (Fsp3) is 0.250. The van der Waals surface area contributed by atoms with Gasteiger partial charge < -0.3 is 10.5 Å². The molecule has 0 amide bonds. The Bertz CT molecular complexity index is 613. The Morgan fingerprint density at radius 2 is 2.05 bits per heavy atom. The molecule has 2 nitrogen and oxygen atoms in total. The van der Waals surface area contributed by atoms with Crippen LogP contribution < -0.4 is 10.5 Å². The van der Waals surface area contributed by atoms with Gasteiger partial charge in [-0.25, -0.2) is 4.39 Å². The van der Waals surface area contributed by atoms with Crippen molar-refractivity contribution in [3.05, 3.63) is 63.9 Å². The van der Waals surface area contributed by atoms with Crippen LogP contribution in [0.2, 0.25) is 5.02 Å². The number of nitrogens with two attached hydrogens (primary N) is 1. The van der Waals surface area contributed by atoms with Crippen molar-refractivity contribution in [2.24, 2.45) is 5.73 Å². The van der Waals surface area contributed by atoms with Gasteiger partial charge in [0.1, 0.15) is 18.2 Å². The van der Waals surface area contributed by atoms with Crippen molar-refractivity contribution in [2.45, 2.75) is 26.5 Å². The van der Waals surface area contributed by atoms with Gasteiger partial charge in [0.2, 0.25) is 0 Å². The molecule has 0 aliphatic heterocycles. The summed E-state index contributed by atoms with van der Waals surface area (Å²) in [5.74, 6) is 0.259. The number of benzene rings is 2. The van der Waals surface area contributed by atoms with Crippen LogP contribution in [0.1, 0.15) is 29.7 Å². The molecular formula is C16H17ClFNO. The molecule has 0 fully saturated rings. The van der Waals surface area contributed by atoms with Gasteiger partial charge in [-0.15, -0.1) is 0 Å². The minimum Gasteiger partial charge on any atom is -0.489 e. The first-order valence-corrected chi connectivity index (χ1v) is 6.78. The summed E-state index contributed by atoms with van der Waals surface area (Å²) in [6.07, 6.45) is 0. The van der Waals surface area contributed by atoms with Crippen molar-refractivity contribution < 1.29 is 9.13 Å². The van der Waals surface area contributed by atoms with Gasteiger partial charge in [0.05, 0.1) is 5.02 Å². The third-order valence-corrected chi connectivity index (χ3v) is 3.49. The third-order valence-electron chi connectivity index (χ3n) is 3.07. The van der Waals surface area contributed by atoms with Crippen LogP contribution in [0.25, 0.3) is 0 Å². The Morgan fingerprint density at radius 1 is 1.30 bits per heavy atom. The van der Waals surface area contributed by atoms with Crippen LogP contribution in [0.15, 0.2) is 36.4 Å². The van der Waals surface area contributed by atoms with Gasteiger partial charge in [-0.2, -0.15) is 0 Å². The summed E-state index contributed by atoms with van der Waals surface area (Å²) in [6, 6.07) is 10.4. The molecule has 0 aromatic heterocycles. The van der Waals surface area contributed by atoms with Gasteiger partial charge in [0.25, 0.3) is 0 Å². The van der Waals surface area contributed by atoms with Gasteiger partial charge >= 0.3 is 0 Å². The van der Waals surface area contributed by atoms with E-state index in [0.717, 1.165) is 11.1 Å². The maximum absolute atomic E-state index is 13.4. The van der Waals surface area contributed by atoms with Gasteiger partial charge in [-0.1, -0.05) is 41.4 Å². The van der Waals surface area contributed by atoms with E-state index in [1.165, 1.54) is 6.07 Å². The van der Waals surface area contributed by atoms with Crippen LogP contribution in [0.3, 0.4) is 0 Å². The van der Waals surface area contributed by atoms with E-state index in [0.29, 0.717) is 11.3 Å². The average Bonchev–Trinajstić information content (AvgIpc) is 2.41. The zero-order valence-electron chi connectivity index (χ0n) is 11.5. The van der Waals surface area contributed by atoms with E-state index in [-0.39, 0.29) is 17.7 Å². The Labute approximate surface area is 123 Å². The normalized spacial score (nSPS) is 12.2. The lowest BCUT2D eigenvalue weighted by Gasteiger charge is -2.15. The van der Waals surface area contributed by atoms with Crippen molar-refractivity contribution in [1.29, 1.82) is 0 Å². The summed E-state index contributed by atoms with van der Waals surface area (Å²) >= 11 is 5.91. The minimum absolute atomic E-state index is 0.0990. The van der Waals surface area contributed by atoms with Crippen LogP contribution in [-0.4, -0.2) is 0 Å². The van der Waals surface area contributed by atoms with E-state index < -0.39 is 5.82 Å². The maximum atomic E-state index is 13.4. The summed E-state index contributed by atoms with van der Waals surface area (Å²) < 4.78 is 19.1. The van der Waals surface area contributed by atoms with E-state index in [1.807, 2.05) is 32.0 Å². The second-order valence-corrected chi connectivity index (χ2v) is 5.21. The lowest BCUT2D eigenvalue weighted by atomic mass is 10.1. The SMILES string of the molecule is Cc1ccc(OCc2cccc(F)c2Cl)c([C@@H](C)N)c1. The number of aryl methyl sites for hydroxylation is 1. The van der Waals surface area contributed by atoms with Crippen molar-refractivity contribution in [1.82, 2.24) is 0 Å². The molecule has 0 unspecified atom stereocenters. The number of hydrogen-bond acceptors (Lipinski definition) is 2. The molecule has 2 aromatic rings. The highest BCUT2D eigenvalue weighted by Gasteiger charge is 2.11. The smallest absolute Gasteiger partial charge is 0.142 e. The maximum Gasteiger partial charge on any atom is 0.142 e.